The lowest BCUT2D eigenvalue weighted by Crippen LogP contribution is -2.45. The quantitative estimate of drug-likeness (QED) is 0.217. The molecule has 0 spiro atoms. The molecule has 5 rings (SSSR count). The number of carbonyl (C=O) groups is 3. The minimum absolute atomic E-state index is 0.0814. The molecule has 6 N–H and O–H groups in total. The van der Waals surface area contributed by atoms with Crippen molar-refractivity contribution in [1.82, 2.24) is 0 Å². The molecule has 0 aromatic heterocycles. The van der Waals surface area contributed by atoms with Gasteiger partial charge in [-0.2, -0.15) is 0 Å². The highest BCUT2D eigenvalue weighted by Crippen LogP contribution is 2.61. The van der Waals surface area contributed by atoms with Crippen molar-refractivity contribution in [2.75, 3.05) is 5.32 Å². The van der Waals surface area contributed by atoms with Gasteiger partial charge < -0.3 is 31.1 Å². The van der Waals surface area contributed by atoms with E-state index in [0.717, 1.165) is 44.6 Å². The zero-order chi connectivity index (χ0) is 27.2. The third-order valence-electron chi connectivity index (χ3n) is 9.13. The monoisotopic (exact) mass is 522 g/mol. The molecule has 3 aliphatic carbocycles. The van der Waals surface area contributed by atoms with E-state index in [-0.39, 0.29) is 30.0 Å². The molecule has 2 aromatic rings. The van der Waals surface area contributed by atoms with Crippen molar-refractivity contribution in [3.05, 3.63) is 47.0 Å². The molecule has 202 valence electrons. The molecule has 0 bridgehead atoms. The van der Waals surface area contributed by atoms with E-state index in [1.165, 1.54) is 17.2 Å². The van der Waals surface area contributed by atoms with Gasteiger partial charge in [0.25, 0.3) is 5.91 Å². The summed E-state index contributed by atoms with van der Waals surface area (Å²) in [5.41, 5.74) is 7.11. The van der Waals surface area contributed by atoms with Crippen LogP contribution in [0.3, 0.4) is 0 Å². The van der Waals surface area contributed by atoms with Crippen LogP contribution in [0.15, 0.2) is 30.3 Å². The van der Waals surface area contributed by atoms with Gasteiger partial charge in [-0.1, -0.05) is 13.0 Å². The molecule has 0 aliphatic heterocycles. The van der Waals surface area contributed by atoms with Crippen LogP contribution in [0.2, 0.25) is 0 Å². The smallest absolute Gasteiger partial charge is 0.306 e. The van der Waals surface area contributed by atoms with Crippen molar-refractivity contribution in [3.63, 3.8) is 0 Å². The van der Waals surface area contributed by atoms with E-state index in [0.29, 0.717) is 23.5 Å². The maximum absolute atomic E-state index is 12.7. The Balaban J connectivity index is 1.18. The number of ether oxygens (including phenoxy) is 1. The average molecular weight is 523 g/mol. The fourth-order valence-corrected chi connectivity index (χ4v) is 7.28. The fourth-order valence-electron chi connectivity index (χ4n) is 7.28. The van der Waals surface area contributed by atoms with Crippen molar-refractivity contribution >= 4 is 23.5 Å². The number of nitrogens with one attached hydrogen (secondary N) is 1. The van der Waals surface area contributed by atoms with Crippen molar-refractivity contribution in [1.29, 1.82) is 0 Å². The minimum atomic E-state index is -1.03. The number of anilines is 1. The van der Waals surface area contributed by atoms with Gasteiger partial charge in [-0.15, -0.1) is 0 Å². The van der Waals surface area contributed by atoms with Gasteiger partial charge in [-0.05, 0) is 91.7 Å². The molecule has 0 saturated heterocycles. The van der Waals surface area contributed by atoms with Gasteiger partial charge in [0.05, 0.1) is 12.1 Å². The van der Waals surface area contributed by atoms with Gasteiger partial charge in [0.15, 0.2) is 5.75 Å². The van der Waals surface area contributed by atoms with Crippen LogP contribution in [0, 0.1) is 17.3 Å². The average Bonchev–Trinajstić information content (AvgIpc) is 3.20. The lowest BCUT2D eigenvalue weighted by Gasteiger charge is -2.50. The molecule has 0 radical (unpaired) electrons. The zero-order valence-corrected chi connectivity index (χ0v) is 21.4. The van der Waals surface area contributed by atoms with E-state index >= 15 is 0 Å². The minimum Gasteiger partial charge on any atom is -0.508 e. The summed E-state index contributed by atoms with van der Waals surface area (Å²) >= 11 is 0. The second kappa shape index (κ2) is 9.85. The number of esters is 1. The van der Waals surface area contributed by atoms with Crippen LogP contribution in [0.5, 0.6) is 17.2 Å². The second-order valence-electron chi connectivity index (χ2n) is 11.2. The third kappa shape index (κ3) is 4.54. The van der Waals surface area contributed by atoms with Crippen molar-refractivity contribution in [2.24, 2.45) is 23.0 Å². The number of benzene rings is 2. The molecule has 9 heteroatoms. The Morgan fingerprint density at radius 3 is 2.61 bits per heavy atom. The maximum atomic E-state index is 12.7. The Bertz CT molecular complexity index is 1290. The Hall–Kier alpha value is -3.75. The lowest BCUT2D eigenvalue weighted by atomic mass is 9.55. The fraction of sp³-hybridized carbons (Fsp3) is 0.483. The SMILES string of the molecule is CC12CCC3c4ccc(O)cc4CCC3C1CCC2OC(=O)CCC(=O)Nc1ccc(O)c(C(N)=O)c1O. The van der Waals surface area contributed by atoms with Crippen LogP contribution in [0.1, 0.15) is 79.3 Å². The van der Waals surface area contributed by atoms with Gasteiger partial charge in [0, 0.05) is 11.8 Å². The maximum Gasteiger partial charge on any atom is 0.306 e. The van der Waals surface area contributed by atoms with Crippen molar-refractivity contribution in [2.45, 2.75) is 70.3 Å². The van der Waals surface area contributed by atoms with Crippen LogP contribution in [-0.2, 0) is 20.7 Å². The number of amides is 2. The van der Waals surface area contributed by atoms with Crippen LogP contribution in [-0.4, -0.2) is 39.2 Å². The summed E-state index contributed by atoms with van der Waals surface area (Å²) in [6.45, 7) is 2.24. The van der Waals surface area contributed by atoms with Crippen molar-refractivity contribution in [3.8, 4) is 17.2 Å². The predicted molar refractivity (Wildman–Crippen MR) is 139 cm³/mol. The number of nitrogens with two attached hydrogens (primary N) is 1. The Labute approximate surface area is 221 Å². The Morgan fingerprint density at radius 2 is 1.84 bits per heavy atom. The summed E-state index contributed by atoms with van der Waals surface area (Å²) in [4.78, 5) is 36.6. The zero-order valence-electron chi connectivity index (χ0n) is 21.4. The van der Waals surface area contributed by atoms with E-state index in [9.17, 15) is 29.7 Å². The standard InChI is InChI=1S/C29H34N2O7/c1-29-13-12-18-17-5-3-16(32)14-15(17)2-4-19(18)20(29)6-9-23(29)38-25(35)11-10-24(34)31-21-7-8-22(33)26(27(21)36)28(30)37/h3,5,7-8,14,18-20,23,32-33,36H,2,4,6,9-13H2,1H3,(H2,30,37)(H,31,34). The Kier molecular flexibility index (Phi) is 6.71. The number of rotatable bonds is 6. The highest BCUT2D eigenvalue weighted by Gasteiger charge is 2.56. The second-order valence-corrected chi connectivity index (χ2v) is 11.2. The van der Waals surface area contributed by atoms with Gasteiger partial charge in [0.1, 0.15) is 23.2 Å². The number of aromatic hydroxyl groups is 3. The number of aryl methyl sites for hydroxylation is 1. The molecular weight excluding hydrogens is 488 g/mol. The summed E-state index contributed by atoms with van der Waals surface area (Å²) in [7, 11) is 0. The summed E-state index contributed by atoms with van der Waals surface area (Å²) in [6, 6.07) is 8.15. The highest BCUT2D eigenvalue weighted by atomic mass is 16.5. The van der Waals surface area contributed by atoms with E-state index in [2.05, 4.69) is 18.3 Å². The third-order valence-corrected chi connectivity index (χ3v) is 9.13. The van der Waals surface area contributed by atoms with Crippen LogP contribution < -0.4 is 11.1 Å². The first-order chi connectivity index (χ1) is 18.1. The largest absolute Gasteiger partial charge is 0.508 e. The normalized spacial score (nSPS) is 27.5. The molecular formula is C29H34N2O7. The molecule has 2 saturated carbocycles. The summed E-state index contributed by atoms with van der Waals surface area (Å²) in [6.07, 6.45) is 5.35. The van der Waals surface area contributed by atoms with Gasteiger partial charge >= 0.3 is 5.97 Å². The van der Waals surface area contributed by atoms with Gasteiger partial charge in [0.2, 0.25) is 5.91 Å². The highest BCUT2D eigenvalue weighted by molar-refractivity contribution is 6.02. The first-order valence-corrected chi connectivity index (χ1v) is 13.2. The molecule has 2 amide bonds. The number of hydrogen-bond acceptors (Lipinski definition) is 7. The van der Waals surface area contributed by atoms with Gasteiger partial charge in [-0.25, -0.2) is 0 Å². The van der Waals surface area contributed by atoms with E-state index < -0.39 is 34.8 Å². The van der Waals surface area contributed by atoms with Crippen LogP contribution >= 0.6 is 0 Å². The molecule has 2 aromatic carbocycles. The van der Waals surface area contributed by atoms with Crippen LogP contribution in [0.25, 0.3) is 0 Å². The number of primary amides is 1. The van der Waals surface area contributed by atoms with E-state index in [1.54, 1.807) is 6.07 Å². The first kappa shape index (κ1) is 25.9. The number of phenols is 3. The predicted octanol–water partition coefficient (Wildman–Crippen LogP) is 4.09. The molecule has 9 nitrogen and oxygen atoms in total. The summed E-state index contributed by atoms with van der Waals surface area (Å²) in [5.74, 6) is -1.35. The molecule has 2 fully saturated rings. The summed E-state index contributed by atoms with van der Waals surface area (Å²) < 4.78 is 5.94. The van der Waals surface area contributed by atoms with E-state index in [4.69, 9.17) is 10.5 Å². The topological polar surface area (TPSA) is 159 Å². The first-order valence-electron chi connectivity index (χ1n) is 13.2. The molecule has 38 heavy (non-hydrogen) atoms. The lowest BCUT2D eigenvalue weighted by molar-refractivity contribution is -0.158. The van der Waals surface area contributed by atoms with Crippen LogP contribution in [0.4, 0.5) is 5.69 Å². The van der Waals surface area contributed by atoms with Crippen molar-refractivity contribution < 1.29 is 34.4 Å². The Morgan fingerprint density at radius 1 is 1.05 bits per heavy atom. The molecule has 3 aliphatic rings. The summed E-state index contributed by atoms with van der Waals surface area (Å²) in [5, 5.41) is 32.2. The number of hydrogen-bond donors (Lipinski definition) is 5. The molecule has 5 atom stereocenters. The number of fused-ring (bicyclic) bond motifs is 5. The van der Waals surface area contributed by atoms with Gasteiger partial charge in [-0.3, -0.25) is 14.4 Å². The molecule has 0 heterocycles. The number of carbonyl (C=O) groups excluding carboxylic acids is 3. The number of phenolic OH excluding ortho intramolecular Hbond substituents is 1. The van der Waals surface area contributed by atoms with E-state index in [1.807, 2.05) is 6.07 Å². The molecule has 5 unspecified atom stereocenters.